The summed E-state index contributed by atoms with van der Waals surface area (Å²) in [5, 5.41) is 0. The second-order valence-electron chi connectivity index (χ2n) is 7.21. The van der Waals surface area contributed by atoms with Crippen LogP contribution in [-0.2, 0) is 18.8 Å². The van der Waals surface area contributed by atoms with Gasteiger partial charge in [-0.1, -0.05) is 37.1 Å². The van der Waals surface area contributed by atoms with E-state index >= 15 is 0 Å². The van der Waals surface area contributed by atoms with Crippen LogP contribution in [0, 0.1) is 6.92 Å². The molecule has 2 aromatic carbocycles. The first-order valence-electron chi connectivity index (χ1n) is 9.12. The van der Waals surface area contributed by atoms with Crippen LogP contribution in [0.2, 0.25) is 0 Å². The van der Waals surface area contributed by atoms with Gasteiger partial charge in [-0.05, 0) is 72.2 Å². The lowest BCUT2D eigenvalue weighted by Gasteiger charge is -2.17. The minimum absolute atomic E-state index is 0.0514. The first-order chi connectivity index (χ1) is 13.0. The summed E-state index contributed by atoms with van der Waals surface area (Å²) < 4.78 is 79.5. The number of hydrogen-bond acceptors (Lipinski definition) is 0. The fourth-order valence-electron chi connectivity index (χ4n) is 3.64. The maximum absolute atomic E-state index is 13.2. The minimum Gasteiger partial charge on any atom is -0.166 e. The highest BCUT2D eigenvalue weighted by molar-refractivity contribution is 5.83. The zero-order valence-corrected chi connectivity index (χ0v) is 15.6. The Morgan fingerprint density at radius 3 is 2.04 bits per heavy atom. The van der Waals surface area contributed by atoms with E-state index in [-0.39, 0.29) is 11.6 Å². The summed E-state index contributed by atoms with van der Waals surface area (Å²) in [6.45, 7) is 3.78. The van der Waals surface area contributed by atoms with Crippen molar-refractivity contribution in [3.63, 3.8) is 0 Å². The average Bonchev–Trinajstić information content (AvgIpc) is 3.00. The monoisotopic (exact) mass is 398 g/mol. The van der Waals surface area contributed by atoms with Crippen molar-refractivity contribution in [2.75, 3.05) is 0 Å². The van der Waals surface area contributed by atoms with Crippen LogP contribution in [0.4, 0.5) is 26.3 Å². The molecule has 0 saturated carbocycles. The van der Waals surface area contributed by atoms with E-state index in [9.17, 15) is 26.3 Å². The quantitative estimate of drug-likeness (QED) is 0.460. The molecule has 0 aromatic heterocycles. The van der Waals surface area contributed by atoms with Crippen LogP contribution in [0.25, 0.3) is 17.2 Å². The third kappa shape index (κ3) is 4.10. The fourth-order valence-corrected chi connectivity index (χ4v) is 3.64. The van der Waals surface area contributed by atoms with E-state index in [4.69, 9.17) is 0 Å². The third-order valence-corrected chi connectivity index (χ3v) is 5.04. The Labute approximate surface area is 159 Å². The lowest BCUT2D eigenvalue weighted by molar-refractivity contribution is -0.143. The van der Waals surface area contributed by atoms with Crippen LogP contribution in [-0.4, -0.2) is 0 Å². The molecule has 28 heavy (non-hydrogen) atoms. The molecule has 0 unspecified atom stereocenters. The van der Waals surface area contributed by atoms with Gasteiger partial charge in [0, 0.05) is 0 Å². The van der Waals surface area contributed by atoms with E-state index in [1.54, 1.807) is 13.0 Å². The van der Waals surface area contributed by atoms with Gasteiger partial charge in [0.15, 0.2) is 0 Å². The molecule has 6 heteroatoms. The van der Waals surface area contributed by atoms with Crippen LogP contribution < -0.4 is 0 Å². The molecule has 0 nitrogen and oxygen atoms in total. The number of halogens is 6. The lowest BCUT2D eigenvalue weighted by Crippen LogP contribution is -2.11. The van der Waals surface area contributed by atoms with Crippen molar-refractivity contribution in [3.8, 4) is 11.1 Å². The van der Waals surface area contributed by atoms with Gasteiger partial charge in [0.25, 0.3) is 0 Å². The lowest BCUT2D eigenvalue weighted by atomic mass is 9.90. The SMILES string of the molecule is CCCCC1=Cc2c(ccc(C)c2-c2cc(C(F)(F)F)cc(C(F)(F)F)c2)C1. The number of allylic oxidation sites excluding steroid dienone is 1. The van der Waals surface area contributed by atoms with Gasteiger partial charge in [-0.25, -0.2) is 0 Å². The van der Waals surface area contributed by atoms with Gasteiger partial charge < -0.3 is 0 Å². The van der Waals surface area contributed by atoms with Gasteiger partial charge in [-0.15, -0.1) is 0 Å². The smallest absolute Gasteiger partial charge is 0.166 e. The molecule has 1 aliphatic rings. The van der Waals surface area contributed by atoms with E-state index in [0.717, 1.165) is 48.1 Å². The van der Waals surface area contributed by atoms with Gasteiger partial charge in [0.05, 0.1) is 11.1 Å². The zero-order chi connectivity index (χ0) is 20.7. The molecule has 0 atom stereocenters. The normalized spacial score (nSPS) is 14.2. The largest absolute Gasteiger partial charge is 0.416 e. The number of unbranched alkanes of at least 4 members (excludes halogenated alkanes) is 1. The summed E-state index contributed by atoms with van der Waals surface area (Å²) >= 11 is 0. The maximum atomic E-state index is 13.2. The molecule has 0 fully saturated rings. The van der Waals surface area contributed by atoms with Crippen molar-refractivity contribution in [2.45, 2.75) is 51.9 Å². The summed E-state index contributed by atoms with van der Waals surface area (Å²) in [7, 11) is 0. The van der Waals surface area contributed by atoms with Crippen molar-refractivity contribution in [2.24, 2.45) is 0 Å². The highest BCUT2D eigenvalue weighted by Gasteiger charge is 2.37. The van der Waals surface area contributed by atoms with Crippen LogP contribution in [0.1, 0.15) is 54.0 Å². The molecule has 0 spiro atoms. The number of hydrogen-bond donors (Lipinski definition) is 0. The predicted molar refractivity (Wildman–Crippen MR) is 97.8 cm³/mol. The molecule has 3 rings (SSSR count). The fraction of sp³-hybridized carbons (Fsp3) is 0.364. The van der Waals surface area contributed by atoms with Crippen LogP contribution >= 0.6 is 0 Å². The zero-order valence-electron chi connectivity index (χ0n) is 15.6. The second kappa shape index (κ2) is 7.30. The molecule has 0 aliphatic heterocycles. The van der Waals surface area contributed by atoms with Crippen molar-refractivity contribution >= 4 is 6.08 Å². The molecule has 0 N–H and O–H groups in total. The van der Waals surface area contributed by atoms with Crippen LogP contribution in [0.3, 0.4) is 0 Å². The number of benzene rings is 2. The van der Waals surface area contributed by atoms with E-state index in [1.165, 1.54) is 0 Å². The van der Waals surface area contributed by atoms with Crippen LogP contribution in [0.15, 0.2) is 35.9 Å². The summed E-state index contributed by atoms with van der Waals surface area (Å²) in [6.07, 6.45) is -4.21. The molecule has 0 heterocycles. The number of rotatable bonds is 4. The molecule has 0 radical (unpaired) electrons. The average molecular weight is 398 g/mol. The number of aryl methyl sites for hydroxylation is 1. The molecular formula is C22H20F6. The highest BCUT2D eigenvalue weighted by Crippen LogP contribution is 2.42. The highest BCUT2D eigenvalue weighted by atomic mass is 19.4. The van der Waals surface area contributed by atoms with E-state index in [1.807, 2.05) is 12.1 Å². The Kier molecular flexibility index (Phi) is 5.34. The number of alkyl halides is 6. The Morgan fingerprint density at radius 2 is 1.50 bits per heavy atom. The van der Waals surface area contributed by atoms with Gasteiger partial charge in [-0.2, -0.15) is 26.3 Å². The molecule has 2 aromatic rings. The first kappa shape index (κ1) is 20.5. The molecule has 0 amide bonds. The van der Waals surface area contributed by atoms with Gasteiger partial charge in [0.1, 0.15) is 0 Å². The summed E-state index contributed by atoms with van der Waals surface area (Å²) in [5.41, 5.74) is 1.30. The standard InChI is InChI=1S/C22H20F6/c1-3-4-5-14-8-15-7-6-13(2)20(19(15)9-14)16-10-17(21(23,24)25)12-18(11-16)22(26,27)28/h6-7,9-12H,3-5,8H2,1-2H3. The van der Waals surface area contributed by atoms with Crippen molar-refractivity contribution < 1.29 is 26.3 Å². The maximum Gasteiger partial charge on any atom is 0.416 e. The Bertz CT molecular complexity index is 884. The molecule has 0 saturated heterocycles. The van der Waals surface area contributed by atoms with Gasteiger partial charge in [-0.3, -0.25) is 0 Å². The number of fused-ring (bicyclic) bond motifs is 1. The Balaban J connectivity index is 2.20. The summed E-state index contributed by atoms with van der Waals surface area (Å²) in [4.78, 5) is 0. The third-order valence-electron chi connectivity index (χ3n) is 5.04. The molecular weight excluding hydrogens is 378 g/mol. The summed E-state index contributed by atoms with van der Waals surface area (Å²) in [6, 6.07) is 5.47. The first-order valence-corrected chi connectivity index (χ1v) is 9.12. The van der Waals surface area contributed by atoms with Gasteiger partial charge >= 0.3 is 12.4 Å². The van der Waals surface area contributed by atoms with E-state index in [0.29, 0.717) is 17.5 Å². The minimum atomic E-state index is -4.86. The van der Waals surface area contributed by atoms with Crippen molar-refractivity contribution in [1.82, 2.24) is 0 Å². The Hall–Kier alpha value is -2.24. The predicted octanol–water partition coefficient (Wildman–Crippen LogP) is 7.83. The topological polar surface area (TPSA) is 0 Å². The van der Waals surface area contributed by atoms with Crippen molar-refractivity contribution in [1.29, 1.82) is 0 Å². The molecule has 150 valence electrons. The van der Waals surface area contributed by atoms with E-state index in [2.05, 4.69) is 6.92 Å². The van der Waals surface area contributed by atoms with Crippen molar-refractivity contribution in [3.05, 3.63) is 63.7 Å². The summed E-state index contributed by atoms with van der Waals surface area (Å²) in [5.74, 6) is 0. The Morgan fingerprint density at radius 1 is 0.893 bits per heavy atom. The van der Waals surface area contributed by atoms with E-state index < -0.39 is 23.5 Å². The van der Waals surface area contributed by atoms with Gasteiger partial charge in [0.2, 0.25) is 0 Å². The second-order valence-corrected chi connectivity index (χ2v) is 7.21. The molecule has 1 aliphatic carbocycles. The molecule has 0 bridgehead atoms. The van der Waals surface area contributed by atoms with Crippen LogP contribution in [0.5, 0.6) is 0 Å².